The summed E-state index contributed by atoms with van der Waals surface area (Å²) in [7, 11) is -4.40. The van der Waals surface area contributed by atoms with E-state index in [1.165, 1.54) is 0 Å². The van der Waals surface area contributed by atoms with Crippen LogP contribution in [0.1, 0.15) is 28.2 Å². The molecule has 2 atom stereocenters. The fourth-order valence-corrected chi connectivity index (χ4v) is 6.04. The zero-order chi connectivity index (χ0) is 21.4. The van der Waals surface area contributed by atoms with Gasteiger partial charge in [-0.25, -0.2) is 0 Å². The number of nitrogens with zero attached hydrogens (tertiary/aromatic N) is 1. The highest BCUT2D eigenvalue weighted by atomic mass is 32.2. The number of carboxylic acid groups (broad SMARTS) is 1. The third-order valence-corrected chi connectivity index (χ3v) is 7.32. The van der Waals surface area contributed by atoms with Crippen LogP contribution in [0.5, 0.6) is 0 Å². The first-order valence-electron chi connectivity index (χ1n) is 9.42. The van der Waals surface area contributed by atoms with Crippen molar-refractivity contribution >= 4 is 27.9 Å². The van der Waals surface area contributed by atoms with Gasteiger partial charge in [-0.05, 0) is 22.3 Å². The van der Waals surface area contributed by atoms with Gasteiger partial charge in [0.2, 0.25) is 11.8 Å². The van der Waals surface area contributed by atoms with E-state index in [1.807, 2.05) is 0 Å². The van der Waals surface area contributed by atoms with Crippen molar-refractivity contribution in [3.05, 3.63) is 70.8 Å². The summed E-state index contributed by atoms with van der Waals surface area (Å²) >= 11 is 0. The highest BCUT2D eigenvalue weighted by Crippen LogP contribution is 2.64. The molecular formula is C21H17NO7S. The maximum absolute atomic E-state index is 13.4. The first-order valence-corrected chi connectivity index (χ1v) is 11.0. The molecule has 2 bridgehead atoms. The van der Waals surface area contributed by atoms with Crippen LogP contribution in [0, 0.1) is 11.8 Å². The second-order valence-electron chi connectivity index (χ2n) is 7.88. The number of carboxylic acids is 1. The second-order valence-corrected chi connectivity index (χ2v) is 9.46. The van der Waals surface area contributed by atoms with Gasteiger partial charge < -0.3 is 5.11 Å². The standard InChI is InChI=1S/C21H17NO7S/c23-18-16-15-11-5-1-3-7-13(11)21(20(25)26,14-8-4-2-6-12(14)15)17(16)19(24)22(18)9-10-30(27,28)29/h1-8,15-17H,9-10H2,(H,25,26)(H,27,28,29). The maximum Gasteiger partial charge on any atom is 0.319 e. The summed E-state index contributed by atoms with van der Waals surface area (Å²) < 4.78 is 31.5. The van der Waals surface area contributed by atoms with Gasteiger partial charge in [0, 0.05) is 12.5 Å². The quantitative estimate of drug-likeness (QED) is 0.550. The molecule has 2 aromatic rings. The van der Waals surface area contributed by atoms with Gasteiger partial charge in [-0.2, -0.15) is 8.42 Å². The van der Waals surface area contributed by atoms with Crippen LogP contribution >= 0.6 is 0 Å². The van der Waals surface area contributed by atoms with Gasteiger partial charge in [0.05, 0.1) is 17.6 Å². The molecule has 9 heteroatoms. The molecule has 1 saturated heterocycles. The molecule has 30 heavy (non-hydrogen) atoms. The van der Waals surface area contributed by atoms with Crippen LogP contribution in [0.15, 0.2) is 48.5 Å². The van der Waals surface area contributed by atoms with E-state index in [4.69, 9.17) is 4.55 Å². The number of hydrogen-bond acceptors (Lipinski definition) is 5. The summed E-state index contributed by atoms with van der Waals surface area (Å²) in [6, 6.07) is 13.9. The Balaban J connectivity index is 1.77. The van der Waals surface area contributed by atoms with Crippen molar-refractivity contribution in [3.63, 3.8) is 0 Å². The van der Waals surface area contributed by atoms with Gasteiger partial charge in [0.1, 0.15) is 5.41 Å². The monoisotopic (exact) mass is 427 g/mol. The van der Waals surface area contributed by atoms with E-state index in [-0.39, 0.29) is 0 Å². The number of amides is 2. The van der Waals surface area contributed by atoms with Crippen molar-refractivity contribution in [2.75, 3.05) is 12.3 Å². The molecule has 2 unspecified atom stereocenters. The fourth-order valence-electron chi connectivity index (χ4n) is 5.62. The van der Waals surface area contributed by atoms with Crippen molar-refractivity contribution in [2.45, 2.75) is 11.3 Å². The van der Waals surface area contributed by atoms with Crippen molar-refractivity contribution in [2.24, 2.45) is 11.8 Å². The molecule has 2 N–H and O–H groups in total. The normalized spacial score (nSPS) is 28.8. The number of carbonyl (C=O) groups is 3. The summed E-state index contributed by atoms with van der Waals surface area (Å²) in [5.41, 5.74) is 0.613. The van der Waals surface area contributed by atoms with Crippen molar-refractivity contribution < 1.29 is 32.5 Å². The summed E-state index contributed by atoms with van der Waals surface area (Å²) in [6.07, 6.45) is 0. The number of benzene rings is 2. The predicted molar refractivity (Wildman–Crippen MR) is 103 cm³/mol. The third-order valence-electron chi connectivity index (χ3n) is 6.62. The van der Waals surface area contributed by atoms with Gasteiger partial charge in [0.25, 0.3) is 10.1 Å². The van der Waals surface area contributed by atoms with E-state index in [0.29, 0.717) is 22.3 Å². The molecule has 1 aliphatic heterocycles. The average Bonchev–Trinajstić information content (AvgIpc) is 2.96. The minimum atomic E-state index is -4.40. The second kappa shape index (κ2) is 5.99. The van der Waals surface area contributed by atoms with E-state index in [1.54, 1.807) is 48.5 Å². The van der Waals surface area contributed by atoms with Gasteiger partial charge >= 0.3 is 5.97 Å². The lowest BCUT2D eigenvalue weighted by Gasteiger charge is -2.51. The molecule has 1 heterocycles. The van der Waals surface area contributed by atoms with E-state index in [9.17, 15) is 27.9 Å². The van der Waals surface area contributed by atoms with Gasteiger partial charge in [-0.3, -0.25) is 23.8 Å². The van der Waals surface area contributed by atoms with E-state index < -0.39 is 63.4 Å². The molecule has 1 fully saturated rings. The minimum absolute atomic E-state index is 0.486. The number of likely N-dealkylation sites (tertiary alicyclic amines) is 1. The third kappa shape index (κ3) is 2.19. The lowest BCUT2D eigenvalue weighted by Crippen LogP contribution is -2.57. The Morgan fingerprint density at radius 2 is 1.50 bits per heavy atom. The smallest absolute Gasteiger partial charge is 0.319 e. The largest absolute Gasteiger partial charge is 0.480 e. The average molecular weight is 427 g/mol. The number of carbonyl (C=O) groups excluding carboxylic acids is 2. The molecule has 6 rings (SSSR count). The molecule has 4 aliphatic rings. The molecule has 3 aliphatic carbocycles. The van der Waals surface area contributed by atoms with Crippen molar-refractivity contribution in [1.82, 2.24) is 4.90 Å². The van der Waals surface area contributed by atoms with Crippen LogP contribution in [0.3, 0.4) is 0 Å². The number of hydrogen-bond donors (Lipinski definition) is 2. The molecule has 2 aromatic carbocycles. The van der Waals surface area contributed by atoms with Crippen LogP contribution in [-0.4, -0.2) is 53.1 Å². The van der Waals surface area contributed by atoms with Gasteiger partial charge in [-0.1, -0.05) is 48.5 Å². The van der Waals surface area contributed by atoms with Crippen LogP contribution in [-0.2, 0) is 29.9 Å². The Morgan fingerprint density at radius 1 is 0.967 bits per heavy atom. The van der Waals surface area contributed by atoms with Crippen molar-refractivity contribution in [1.29, 1.82) is 0 Å². The number of imide groups is 1. The summed E-state index contributed by atoms with van der Waals surface area (Å²) in [5.74, 6) is -5.98. The zero-order valence-electron chi connectivity index (χ0n) is 15.6. The minimum Gasteiger partial charge on any atom is -0.480 e. The number of rotatable bonds is 4. The first kappa shape index (κ1) is 19.0. The first-order chi connectivity index (χ1) is 14.2. The Bertz CT molecular complexity index is 1190. The Labute approximate surface area is 171 Å². The lowest BCUT2D eigenvalue weighted by molar-refractivity contribution is -0.150. The zero-order valence-corrected chi connectivity index (χ0v) is 16.4. The van der Waals surface area contributed by atoms with E-state index >= 15 is 0 Å². The lowest BCUT2D eigenvalue weighted by atomic mass is 9.47. The molecule has 0 spiro atoms. The Hall–Kier alpha value is -3.04. The molecule has 0 aromatic heterocycles. The molecule has 0 saturated carbocycles. The van der Waals surface area contributed by atoms with Gasteiger partial charge in [0.15, 0.2) is 0 Å². The summed E-state index contributed by atoms with van der Waals surface area (Å²) in [4.78, 5) is 40.3. The SMILES string of the molecule is O=C1C2C3c4ccccc4C(C(=O)O)(c4ccccc43)C2C(=O)N1CCS(=O)(=O)O. The van der Waals surface area contributed by atoms with Crippen LogP contribution in [0.4, 0.5) is 0 Å². The highest BCUT2D eigenvalue weighted by molar-refractivity contribution is 7.85. The summed E-state index contributed by atoms with van der Waals surface area (Å²) in [5, 5.41) is 10.5. The van der Waals surface area contributed by atoms with Crippen LogP contribution < -0.4 is 0 Å². The highest BCUT2D eigenvalue weighted by Gasteiger charge is 2.71. The van der Waals surface area contributed by atoms with Crippen LogP contribution in [0.25, 0.3) is 0 Å². The van der Waals surface area contributed by atoms with E-state index in [2.05, 4.69) is 0 Å². The van der Waals surface area contributed by atoms with Crippen molar-refractivity contribution in [3.8, 4) is 0 Å². The van der Waals surface area contributed by atoms with Gasteiger partial charge in [-0.15, -0.1) is 0 Å². The number of aliphatic carboxylic acids is 1. The molecular weight excluding hydrogens is 410 g/mol. The molecule has 0 radical (unpaired) electrons. The fraction of sp³-hybridized carbons (Fsp3) is 0.286. The maximum atomic E-state index is 13.4. The molecule has 2 amide bonds. The Morgan fingerprint density at radius 3 is 2.00 bits per heavy atom. The molecule has 154 valence electrons. The molecule has 8 nitrogen and oxygen atoms in total. The van der Waals surface area contributed by atoms with Crippen LogP contribution in [0.2, 0.25) is 0 Å². The predicted octanol–water partition coefficient (Wildman–Crippen LogP) is 1.01. The summed E-state index contributed by atoms with van der Waals surface area (Å²) in [6.45, 7) is -0.515. The van der Waals surface area contributed by atoms with E-state index in [0.717, 1.165) is 4.90 Å². The topological polar surface area (TPSA) is 129 Å². The Kier molecular flexibility index (Phi) is 3.78.